The normalized spacial score (nSPS) is 10.2. The summed E-state index contributed by atoms with van der Waals surface area (Å²) < 4.78 is 10.5. The largest absolute Gasteiger partial charge is 0.493 e. The fraction of sp³-hybridized carbons (Fsp3) is 0.222. The fourth-order valence-electron chi connectivity index (χ4n) is 2.03. The van der Waals surface area contributed by atoms with Crippen molar-refractivity contribution in [1.29, 1.82) is 0 Å². The van der Waals surface area contributed by atoms with Crippen molar-refractivity contribution in [3.63, 3.8) is 0 Å². The van der Waals surface area contributed by atoms with Crippen molar-refractivity contribution in [1.82, 2.24) is 5.32 Å². The second kappa shape index (κ2) is 9.30. The second-order valence-electron chi connectivity index (χ2n) is 5.02. The summed E-state index contributed by atoms with van der Waals surface area (Å²) in [6.45, 7) is 2.06. The van der Waals surface area contributed by atoms with E-state index in [1.807, 2.05) is 6.92 Å². The molecule has 7 heteroatoms. The van der Waals surface area contributed by atoms with E-state index in [9.17, 15) is 9.59 Å². The molecule has 0 unspecified atom stereocenters. The average molecular weight is 382 g/mol. The highest BCUT2D eigenvalue weighted by molar-refractivity contribution is 6.42. The smallest absolute Gasteiger partial charge is 0.325 e. The van der Waals surface area contributed by atoms with Crippen LogP contribution in [-0.2, 0) is 16.1 Å². The lowest BCUT2D eigenvalue weighted by Gasteiger charge is -2.10. The standard InChI is InChI=1S/C18H17Cl2NO4/c1-2-24-16-6-4-3-5-13(16)18(23)21-10-17(22)25-11-12-7-8-14(19)15(20)9-12/h3-9H,2,10-11H2,1H3,(H,21,23). The van der Waals surface area contributed by atoms with Gasteiger partial charge in [0.2, 0.25) is 0 Å². The molecule has 5 nitrogen and oxygen atoms in total. The summed E-state index contributed by atoms with van der Waals surface area (Å²) in [5.41, 5.74) is 1.07. The van der Waals surface area contributed by atoms with Gasteiger partial charge in [0.05, 0.1) is 22.2 Å². The van der Waals surface area contributed by atoms with Crippen LogP contribution in [0.15, 0.2) is 42.5 Å². The first-order valence-corrected chi connectivity index (χ1v) is 8.36. The van der Waals surface area contributed by atoms with E-state index in [2.05, 4.69) is 5.32 Å². The monoisotopic (exact) mass is 381 g/mol. The molecule has 0 fully saturated rings. The Morgan fingerprint density at radius 1 is 1.08 bits per heavy atom. The molecule has 1 amide bonds. The highest BCUT2D eigenvalue weighted by Gasteiger charge is 2.13. The minimum absolute atomic E-state index is 0.0428. The predicted octanol–water partition coefficient (Wildman–Crippen LogP) is 3.87. The van der Waals surface area contributed by atoms with Gasteiger partial charge >= 0.3 is 5.97 Å². The van der Waals surface area contributed by atoms with Crippen molar-refractivity contribution in [3.8, 4) is 5.75 Å². The molecule has 25 heavy (non-hydrogen) atoms. The summed E-state index contributed by atoms with van der Waals surface area (Å²) in [6, 6.07) is 11.8. The Labute approximate surface area is 155 Å². The number of para-hydroxylation sites is 1. The zero-order valence-corrected chi connectivity index (χ0v) is 15.1. The Morgan fingerprint density at radius 2 is 1.84 bits per heavy atom. The van der Waals surface area contributed by atoms with Crippen LogP contribution in [0.25, 0.3) is 0 Å². The number of carbonyl (C=O) groups excluding carboxylic acids is 2. The van der Waals surface area contributed by atoms with Crippen LogP contribution in [0.4, 0.5) is 0 Å². The molecule has 2 rings (SSSR count). The number of rotatable bonds is 7. The van der Waals surface area contributed by atoms with Crippen molar-refractivity contribution in [3.05, 3.63) is 63.6 Å². The molecule has 1 N–H and O–H groups in total. The number of nitrogens with one attached hydrogen (secondary N) is 1. The molecule has 0 atom stereocenters. The van der Waals surface area contributed by atoms with Gasteiger partial charge in [0.1, 0.15) is 18.9 Å². The maximum Gasteiger partial charge on any atom is 0.325 e. The van der Waals surface area contributed by atoms with Crippen LogP contribution < -0.4 is 10.1 Å². The first-order valence-electron chi connectivity index (χ1n) is 7.60. The number of esters is 1. The lowest BCUT2D eigenvalue weighted by atomic mass is 10.2. The zero-order valence-electron chi connectivity index (χ0n) is 13.6. The van der Waals surface area contributed by atoms with E-state index >= 15 is 0 Å². The molecule has 0 aliphatic heterocycles. The third kappa shape index (κ3) is 5.66. The van der Waals surface area contributed by atoms with Crippen LogP contribution in [0.1, 0.15) is 22.8 Å². The van der Waals surface area contributed by atoms with E-state index in [0.29, 0.717) is 33.5 Å². The molecule has 2 aromatic carbocycles. The molecule has 0 saturated heterocycles. The summed E-state index contributed by atoms with van der Waals surface area (Å²) >= 11 is 11.7. The predicted molar refractivity (Wildman–Crippen MR) is 96.2 cm³/mol. The lowest BCUT2D eigenvalue weighted by Crippen LogP contribution is -2.30. The first-order chi connectivity index (χ1) is 12.0. The van der Waals surface area contributed by atoms with Crippen molar-refractivity contribution in [2.45, 2.75) is 13.5 Å². The summed E-state index contributed by atoms with van der Waals surface area (Å²) in [4.78, 5) is 24.0. The van der Waals surface area contributed by atoms with Crippen LogP contribution in [-0.4, -0.2) is 25.0 Å². The minimum atomic E-state index is -0.562. The van der Waals surface area contributed by atoms with Crippen LogP contribution in [0.2, 0.25) is 10.0 Å². The Balaban J connectivity index is 1.85. The number of carbonyl (C=O) groups is 2. The topological polar surface area (TPSA) is 64.6 Å². The summed E-state index contributed by atoms with van der Waals surface area (Å²) in [5, 5.41) is 3.33. The van der Waals surface area contributed by atoms with E-state index in [1.165, 1.54) is 0 Å². The van der Waals surface area contributed by atoms with Gasteiger partial charge in [-0.05, 0) is 36.8 Å². The Bertz CT molecular complexity index is 764. The molecular weight excluding hydrogens is 365 g/mol. The van der Waals surface area contributed by atoms with Gasteiger partial charge in [-0.3, -0.25) is 9.59 Å². The van der Waals surface area contributed by atoms with Crippen LogP contribution >= 0.6 is 23.2 Å². The maximum absolute atomic E-state index is 12.2. The van der Waals surface area contributed by atoms with Crippen molar-refractivity contribution < 1.29 is 19.1 Å². The lowest BCUT2D eigenvalue weighted by molar-refractivity contribution is -0.143. The molecule has 0 aliphatic carbocycles. The summed E-state index contributed by atoms with van der Waals surface area (Å²) in [7, 11) is 0. The molecule has 0 saturated carbocycles. The van der Waals surface area contributed by atoms with Gasteiger partial charge in [0.25, 0.3) is 5.91 Å². The molecule has 0 spiro atoms. The summed E-state index contributed by atoms with van der Waals surface area (Å²) in [6.07, 6.45) is 0. The highest BCUT2D eigenvalue weighted by Crippen LogP contribution is 2.23. The van der Waals surface area contributed by atoms with Crippen LogP contribution in [0.3, 0.4) is 0 Å². The Morgan fingerprint density at radius 3 is 2.56 bits per heavy atom. The van der Waals surface area contributed by atoms with E-state index in [4.69, 9.17) is 32.7 Å². The van der Waals surface area contributed by atoms with Gasteiger partial charge in [0, 0.05) is 0 Å². The number of hydrogen-bond donors (Lipinski definition) is 1. The Kier molecular flexibility index (Phi) is 7.10. The third-order valence-corrected chi connectivity index (χ3v) is 3.95. The summed E-state index contributed by atoms with van der Waals surface area (Å²) in [5.74, 6) is -0.504. The molecule has 0 heterocycles. The first kappa shape index (κ1) is 19.1. The van der Waals surface area contributed by atoms with E-state index in [0.717, 1.165) is 0 Å². The van der Waals surface area contributed by atoms with Gasteiger partial charge in [-0.1, -0.05) is 41.4 Å². The Hall–Kier alpha value is -2.24. The highest BCUT2D eigenvalue weighted by atomic mass is 35.5. The molecule has 0 aliphatic rings. The number of amides is 1. The molecule has 132 valence electrons. The van der Waals surface area contributed by atoms with Gasteiger partial charge in [-0.25, -0.2) is 0 Å². The van der Waals surface area contributed by atoms with Gasteiger partial charge < -0.3 is 14.8 Å². The minimum Gasteiger partial charge on any atom is -0.493 e. The van der Waals surface area contributed by atoms with Gasteiger partial charge in [-0.15, -0.1) is 0 Å². The quantitative estimate of drug-likeness (QED) is 0.739. The molecule has 2 aromatic rings. The fourth-order valence-corrected chi connectivity index (χ4v) is 2.35. The van der Waals surface area contributed by atoms with Gasteiger partial charge in [-0.2, -0.15) is 0 Å². The zero-order chi connectivity index (χ0) is 18.2. The van der Waals surface area contributed by atoms with Gasteiger partial charge in [0.15, 0.2) is 0 Å². The number of halogens is 2. The maximum atomic E-state index is 12.2. The van der Waals surface area contributed by atoms with Crippen LogP contribution in [0.5, 0.6) is 5.75 Å². The van der Waals surface area contributed by atoms with Crippen LogP contribution in [0, 0.1) is 0 Å². The molecule has 0 radical (unpaired) electrons. The van der Waals surface area contributed by atoms with Crippen molar-refractivity contribution >= 4 is 35.1 Å². The number of hydrogen-bond acceptors (Lipinski definition) is 4. The van der Waals surface area contributed by atoms with E-state index < -0.39 is 11.9 Å². The SMILES string of the molecule is CCOc1ccccc1C(=O)NCC(=O)OCc1ccc(Cl)c(Cl)c1. The van der Waals surface area contributed by atoms with E-state index in [-0.39, 0.29) is 13.2 Å². The average Bonchev–Trinajstić information content (AvgIpc) is 2.61. The van der Waals surface area contributed by atoms with Crippen molar-refractivity contribution in [2.75, 3.05) is 13.2 Å². The van der Waals surface area contributed by atoms with E-state index in [1.54, 1.807) is 42.5 Å². The molecule has 0 bridgehead atoms. The third-order valence-electron chi connectivity index (χ3n) is 3.21. The number of benzene rings is 2. The second-order valence-corrected chi connectivity index (χ2v) is 5.84. The number of ether oxygens (including phenoxy) is 2. The molecule has 0 aromatic heterocycles. The van der Waals surface area contributed by atoms with Crippen molar-refractivity contribution in [2.24, 2.45) is 0 Å². The molecular formula is C18H17Cl2NO4.